The van der Waals surface area contributed by atoms with E-state index in [9.17, 15) is 8.78 Å². The summed E-state index contributed by atoms with van der Waals surface area (Å²) in [7, 11) is 0. The second kappa shape index (κ2) is 6.83. The fraction of sp³-hybridized carbons (Fsp3) is 0.600. The van der Waals surface area contributed by atoms with Gasteiger partial charge in [0.15, 0.2) is 11.6 Å². The van der Waals surface area contributed by atoms with Crippen LogP contribution in [-0.2, 0) is 6.42 Å². The zero-order valence-electron chi connectivity index (χ0n) is 11.7. The average molecular weight is 255 g/mol. The first-order valence-corrected chi connectivity index (χ1v) is 6.64. The summed E-state index contributed by atoms with van der Waals surface area (Å²) in [5.41, 5.74) is 0.838. The highest BCUT2D eigenvalue weighted by atomic mass is 19.2. The van der Waals surface area contributed by atoms with Gasteiger partial charge in [-0.05, 0) is 43.4 Å². The third-order valence-corrected chi connectivity index (χ3v) is 3.35. The number of hydrogen-bond acceptors (Lipinski definition) is 1. The number of aryl methyl sites for hydroxylation is 2. The zero-order valence-corrected chi connectivity index (χ0v) is 11.7. The Labute approximate surface area is 109 Å². The van der Waals surface area contributed by atoms with E-state index in [0.29, 0.717) is 29.5 Å². The highest BCUT2D eigenvalue weighted by Gasteiger charge is 2.15. The van der Waals surface area contributed by atoms with Crippen LogP contribution in [0.15, 0.2) is 12.1 Å². The molecule has 102 valence electrons. The molecule has 1 rings (SSSR count). The molecule has 0 heterocycles. The van der Waals surface area contributed by atoms with Gasteiger partial charge in [-0.1, -0.05) is 32.9 Å². The maximum absolute atomic E-state index is 13.7. The molecule has 0 saturated heterocycles. The lowest BCUT2D eigenvalue weighted by molar-refractivity contribution is 0.382. The van der Waals surface area contributed by atoms with Crippen LogP contribution < -0.4 is 5.32 Å². The first kappa shape index (κ1) is 15.1. The second-order valence-corrected chi connectivity index (χ2v) is 5.12. The molecule has 1 N–H and O–H groups in total. The van der Waals surface area contributed by atoms with Gasteiger partial charge in [-0.25, -0.2) is 8.78 Å². The predicted molar refractivity (Wildman–Crippen MR) is 71.7 cm³/mol. The molecule has 18 heavy (non-hydrogen) atoms. The number of rotatable bonds is 6. The molecule has 0 spiro atoms. The van der Waals surface area contributed by atoms with Crippen molar-refractivity contribution in [3.8, 4) is 0 Å². The minimum Gasteiger partial charge on any atom is -0.314 e. The summed E-state index contributed by atoms with van der Waals surface area (Å²) in [5.74, 6) is -0.908. The molecule has 0 bridgehead atoms. The summed E-state index contributed by atoms with van der Waals surface area (Å²) in [5, 5.41) is 3.38. The van der Waals surface area contributed by atoms with Crippen LogP contribution in [0, 0.1) is 24.5 Å². The van der Waals surface area contributed by atoms with Gasteiger partial charge >= 0.3 is 0 Å². The van der Waals surface area contributed by atoms with E-state index in [1.54, 1.807) is 19.1 Å². The Morgan fingerprint density at radius 2 is 1.83 bits per heavy atom. The van der Waals surface area contributed by atoms with E-state index in [1.165, 1.54) is 0 Å². The van der Waals surface area contributed by atoms with Gasteiger partial charge in [-0.3, -0.25) is 0 Å². The van der Waals surface area contributed by atoms with E-state index >= 15 is 0 Å². The third kappa shape index (κ3) is 3.77. The minimum absolute atomic E-state index is 0.346. The summed E-state index contributed by atoms with van der Waals surface area (Å²) >= 11 is 0. The van der Waals surface area contributed by atoms with Gasteiger partial charge in [0.05, 0.1) is 0 Å². The van der Waals surface area contributed by atoms with Crippen LogP contribution in [0.25, 0.3) is 0 Å². The van der Waals surface area contributed by atoms with Gasteiger partial charge in [0.1, 0.15) is 0 Å². The predicted octanol–water partition coefficient (Wildman–Crippen LogP) is 3.84. The summed E-state index contributed by atoms with van der Waals surface area (Å²) in [6.07, 6.45) is 1.39. The SMILES string of the molecule is CCNC(CCc1ccc(C)c(F)c1F)C(C)C. The molecule has 0 aromatic heterocycles. The molecule has 0 amide bonds. The molecule has 3 heteroatoms. The first-order valence-electron chi connectivity index (χ1n) is 6.64. The standard InChI is InChI=1S/C15H23F2N/c1-5-18-13(10(2)3)9-8-12-7-6-11(4)14(16)15(12)17/h6-7,10,13,18H,5,8-9H2,1-4H3. The lowest BCUT2D eigenvalue weighted by Crippen LogP contribution is -2.34. The van der Waals surface area contributed by atoms with Crippen LogP contribution in [0.1, 0.15) is 38.3 Å². The van der Waals surface area contributed by atoms with Gasteiger partial charge in [0, 0.05) is 6.04 Å². The second-order valence-electron chi connectivity index (χ2n) is 5.12. The summed E-state index contributed by atoms with van der Waals surface area (Å²) in [6.45, 7) is 8.81. The lowest BCUT2D eigenvalue weighted by atomic mass is 9.96. The molecule has 1 atom stereocenters. The summed E-state index contributed by atoms with van der Waals surface area (Å²) in [6, 6.07) is 3.68. The van der Waals surface area contributed by atoms with Crippen LogP contribution >= 0.6 is 0 Å². The molecule has 1 aromatic rings. The van der Waals surface area contributed by atoms with E-state index in [-0.39, 0.29) is 0 Å². The normalized spacial score (nSPS) is 13.1. The van der Waals surface area contributed by atoms with Crippen molar-refractivity contribution in [2.75, 3.05) is 6.54 Å². The molecule has 0 aliphatic rings. The van der Waals surface area contributed by atoms with Crippen LogP contribution in [0.2, 0.25) is 0 Å². The van der Waals surface area contributed by atoms with Gasteiger partial charge in [0.2, 0.25) is 0 Å². The monoisotopic (exact) mass is 255 g/mol. The molecule has 1 unspecified atom stereocenters. The maximum atomic E-state index is 13.7. The minimum atomic E-state index is -0.711. The van der Waals surface area contributed by atoms with Crippen LogP contribution in [0.5, 0.6) is 0 Å². The Morgan fingerprint density at radius 3 is 2.39 bits per heavy atom. The quantitative estimate of drug-likeness (QED) is 0.814. The lowest BCUT2D eigenvalue weighted by Gasteiger charge is -2.21. The number of nitrogens with one attached hydrogen (secondary N) is 1. The number of hydrogen-bond donors (Lipinski definition) is 1. The maximum Gasteiger partial charge on any atom is 0.162 e. The number of benzene rings is 1. The molecule has 0 radical (unpaired) electrons. The van der Waals surface area contributed by atoms with Crippen molar-refractivity contribution >= 4 is 0 Å². The van der Waals surface area contributed by atoms with Crippen molar-refractivity contribution in [1.29, 1.82) is 0 Å². The third-order valence-electron chi connectivity index (χ3n) is 3.35. The van der Waals surface area contributed by atoms with E-state index in [2.05, 4.69) is 26.1 Å². The fourth-order valence-corrected chi connectivity index (χ4v) is 2.12. The molecule has 0 aliphatic heterocycles. The van der Waals surface area contributed by atoms with Crippen molar-refractivity contribution in [1.82, 2.24) is 5.32 Å². The van der Waals surface area contributed by atoms with E-state index in [1.807, 2.05) is 0 Å². The Balaban J connectivity index is 2.70. The molecule has 0 saturated carbocycles. The van der Waals surface area contributed by atoms with Crippen molar-refractivity contribution < 1.29 is 8.78 Å². The summed E-state index contributed by atoms with van der Waals surface area (Å²) in [4.78, 5) is 0. The Morgan fingerprint density at radius 1 is 1.17 bits per heavy atom. The largest absolute Gasteiger partial charge is 0.314 e. The van der Waals surface area contributed by atoms with Gasteiger partial charge < -0.3 is 5.32 Å². The highest BCUT2D eigenvalue weighted by Crippen LogP contribution is 2.18. The van der Waals surface area contributed by atoms with Crippen LogP contribution in [-0.4, -0.2) is 12.6 Å². The van der Waals surface area contributed by atoms with Gasteiger partial charge in [-0.2, -0.15) is 0 Å². The number of halogens is 2. The average Bonchev–Trinajstić information content (AvgIpc) is 2.33. The topological polar surface area (TPSA) is 12.0 Å². The van der Waals surface area contributed by atoms with Crippen molar-refractivity contribution in [3.63, 3.8) is 0 Å². The Bertz CT molecular complexity index is 388. The van der Waals surface area contributed by atoms with Gasteiger partial charge in [-0.15, -0.1) is 0 Å². The van der Waals surface area contributed by atoms with Crippen molar-refractivity contribution in [2.24, 2.45) is 5.92 Å². The van der Waals surface area contributed by atoms with E-state index in [4.69, 9.17) is 0 Å². The molecular formula is C15H23F2N. The molecule has 1 aromatic carbocycles. The molecule has 0 fully saturated rings. The highest BCUT2D eigenvalue weighted by molar-refractivity contribution is 5.25. The van der Waals surface area contributed by atoms with Crippen LogP contribution in [0.4, 0.5) is 8.78 Å². The first-order chi connectivity index (χ1) is 8.47. The molecular weight excluding hydrogens is 232 g/mol. The molecule has 1 nitrogen and oxygen atoms in total. The van der Waals surface area contributed by atoms with Crippen molar-refractivity contribution in [2.45, 2.75) is 46.6 Å². The summed E-state index contributed by atoms with van der Waals surface area (Å²) < 4.78 is 27.1. The van der Waals surface area contributed by atoms with E-state index < -0.39 is 11.6 Å². The molecule has 0 aliphatic carbocycles. The van der Waals surface area contributed by atoms with Crippen LogP contribution in [0.3, 0.4) is 0 Å². The van der Waals surface area contributed by atoms with Crippen molar-refractivity contribution in [3.05, 3.63) is 34.9 Å². The Hall–Kier alpha value is -0.960. The van der Waals surface area contributed by atoms with Gasteiger partial charge in [0.25, 0.3) is 0 Å². The smallest absolute Gasteiger partial charge is 0.162 e. The van der Waals surface area contributed by atoms with E-state index in [0.717, 1.165) is 13.0 Å². The fourth-order valence-electron chi connectivity index (χ4n) is 2.12. The Kier molecular flexibility index (Phi) is 5.73. The zero-order chi connectivity index (χ0) is 13.7.